The van der Waals surface area contributed by atoms with Crippen LogP contribution in [0.4, 0.5) is 0 Å². The maximum atomic E-state index is 12.0. The molecule has 2 fully saturated rings. The van der Waals surface area contributed by atoms with E-state index in [1.807, 2.05) is 0 Å². The quantitative estimate of drug-likeness (QED) is 0.562. The molecule has 0 spiro atoms. The average Bonchev–Trinajstić information content (AvgIpc) is 2.88. The van der Waals surface area contributed by atoms with Crippen molar-refractivity contribution >= 4 is 11.8 Å². The van der Waals surface area contributed by atoms with Gasteiger partial charge < -0.3 is 5.11 Å². The third kappa shape index (κ3) is 2.51. The second kappa shape index (κ2) is 5.63. The smallest absolute Gasteiger partial charge is 0.233 e. The van der Waals surface area contributed by atoms with Crippen molar-refractivity contribution in [3.05, 3.63) is 0 Å². The number of fused-ring (bicyclic) bond motifs is 1. The highest BCUT2D eigenvalue weighted by Crippen LogP contribution is 2.39. The highest BCUT2D eigenvalue weighted by atomic mass is 16.3. The number of imide groups is 1. The van der Waals surface area contributed by atoms with Crippen LogP contribution in [-0.4, -0.2) is 35.0 Å². The highest BCUT2D eigenvalue weighted by molar-refractivity contribution is 6.05. The lowest BCUT2D eigenvalue weighted by molar-refractivity contribution is -0.140. The Morgan fingerprint density at radius 1 is 1.00 bits per heavy atom. The van der Waals surface area contributed by atoms with Crippen LogP contribution in [0, 0.1) is 11.8 Å². The molecule has 0 aromatic heterocycles. The van der Waals surface area contributed by atoms with Gasteiger partial charge in [0.25, 0.3) is 0 Å². The van der Waals surface area contributed by atoms with Crippen LogP contribution in [0.5, 0.6) is 0 Å². The second-order valence-electron chi connectivity index (χ2n) is 5.11. The minimum absolute atomic E-state index is 0.0000539. The molecule has 1 saturated heterocycles. The number of carbonyl (C=O) groups is 2. The summed E-state index contributed by atoms with van der Waals surface area (Å²) in [5.41, 5.74) is 0. The fraction of sp³-hybridized carbons (Fsp3) is 0.846. The van der Waals surface area contributed by atoms with Crippen LogP contribution in [-0.2, 0) is 9.59 Å². The predicted molar refractivity (Wildman–Crippen MR) is 63.1 cm³/mol. The molecule has 0 aromatic carbocycles. The van der Waals surface area contributed by atoms with Crippen molar-refractivity contribution in [3.63, 3.8) is 0 Å². The number of carbonyl (C=O) groups excluding carboxylic acids is 2. The van der Waals surface area contributed by atoms with E-state index in [0.717, 1.165) is 44.9 Å². The number of unbranched alkanes of at least 4 members (excludes halogenated alkanes) is 3. The van der Waals surface area contributed by atoms with Gasteiger partial charge in [0.05, 0.1) is 11.8 Å². The molecule has 1 N–H and O–H groups in total. The van der Waals surface area contributed by atoms with Crippen LogP contribution >= 0.6 is 0 Å². The first-order valence-corrected chi connectivity index (χ1v) is 6.72. The van der Waals surface area contributed by atoms with E-state index >= 15 is 0 Å². The number of nitrogens with zero attached hydrogens (tertiary/aromatic N) is 1. The fourth-order valence-corrected chi connectivity index (χ4v) is 3.02. The number of likely N-dealkylation sites (tertiary alicyclic amines) is 1. The minimum atomic E-state index is -0.0000539. The van der Waals surface area contributed by atoms with E-state index in [4.69, 9.17) is 5.11 Å². The normalized spacial score (nSPS) is 27.9. The van der Waals surface area contributed by atoms with E-state index in [9.17, 15) is 9.59 Å². The molecule has 1 aliphatic carbocycles. The maximum absolute atomic E-state index is 12.0. The first kappa shape index (κ1) is 12.6. The van der Waals surface area contributed by atoms with Crippen molar-refractivity contribution in [1.29, 1.82) is 0 Å². The van der Waals surface area contributed by atoms with Gasteiger partial charge in [-0.2, -0.15) is 0 Å². The lowest BCUT2D eigenvalue weighted by Crippen LogP contribution is -2.32. The van der Waals surface area contributed by atoms with Gasteiger partial charge in [0.1, 0.15) is 0 Å². The van der Waals surface area contributed by atoms with Crippen LogP contribution in [0.1, 0.15) is 44.9 Å². The standard InChI is InChI=1S/C13H21NO3/c15-9-4-2-1-3-8-14-12(16)10-6-5-7-11(10)13(14)17/h10-11,15H,1-9H2. The van der Waals surface area contributed by atoms with E-state index in [1.165, 1.54) is 4.90 Å². The molecule has 0 radical (unpaired) electrons. The zero-order valence-corrected chi connectivity index (χ0v) is 10.2. The van der Waals surface area contributed by atoms with Gasteiger partial charge in [0.15, 0.2) is 0 Å². The summed E-state index contributed by atoms with van der Waals surface area (Å²) in [5, 5.41) is 8.65. The molecule has 4 heteroatoms. The third-order valence-electron chi connectivity index (χ3n) is 3.97. The Balaban J connectivity index is 1.77. The summed E-state index contributed by atoms with van der Waals surface area (Å²) in [4.78, 5) is 25.4. The molecule has 1 heterocycles. The molecule has 2 unspecified atom stereocenters. The molecule has 4 nitrogen and oxygen atoms in total. The van der Waals surface area contributed by atoms with Gasteiger partial charge in [-0.05, 0) is 25.7 Å². The zero-order valence-electron chi connectivity index (χ0n) is 10.2. The van der Waals surface area contributed by atoms with E-state index < -0.39 is 0 Å². The number of aliphatic hydroxyl groups is 1. The number of rotatable bonds is 6. The molecule has 1 aliphatic heterocycles. The van der Waals surface area contributed by atoms with Crippen molar-refractivity contribution in [2.24, 2.45) is 11.8 Å². The highest BCUT2D eigenvalue weighted by Gasteiger charge is 2.49. The lowest BCUT2D eigenvalue weighted by atomic mass is 10.00. The predicted octanol–water partition coefficient (Wildman–Crippen LogP) is 1.32. The molecular formula is C13H21NO3. The van der Waals surface area contributed by atoms with Gasteiger partial charge in [0.2, 0.25) is 11.8 Å². The van der Waals surface area contributed by atoms with Gasteiger partial charge in [-0.15, -0.1) is 0 Å². The van der Waals surface area contributed by atoms with Crippen molar-refractivity contribution in [2.45, 2.75) is 44.9 Å². The largest absolute Gasteiger partial charge is 0.396 e. The Kier molecular flexibility index (Phi) is 4.15. The van der Waals surface area contributed by atoms with E-state index in [1.54, 1.807) is 0 Å². The van der Waals surface area contributed by atoms with Crippen molar-refractivity contribution in [3.8, 4) is 0 Å². The molecule has 0 aromatic rings. The Morgan fingerprint density at radius 2 is 1.59 bits per heavy atom. The van der Waals surface area contributed by atoms with Crippen LogP contribution in [0.2, 0.25) is 0 Å². The van der Waals surface area contributed by atoms with Gasteiger partial charge in [-0.3, -0.25) is 14.5 Å². The number of aliphatic hydroxyl groups excluding tert-OH is 1. The molecule has 2 rings (SSSR count). The Morgan fingerprint density at radius 3 is 2.18 bits per heavy atom. The SMILES string of the molecule is O=C1C2CCCC2C(=O)N1CCCCCCO. The van der Waals surface area contributed by atoms with Crippen molar-refractivity contribution < 1.29 is 14.7 Å². The molecule has 2 atom stereocenters. The van der Waals surface area contributed by atoms with Gasteiger partial charge in [-0.25, -0.2) is 0 Å². The molecule has 2 aliphatic rings. The van der Waals surface area contributed by atoms with Crippen LogP contribution < -0.4 is 0 Å². The molecule has 2 amide bonds. The fourth-order valence-electron chi connectivity index (χ4n) is 3.02. The second-order valence-corrected chi connectivity index (χ2v) is 5.11. The Hall–Kier alpha value is -0.900. The lowest BCUT2D eigenvalue weighted by Gasteiger charge is -2.15. The average molecular weight is 239 g/mol. The zero-order chi connectivity index (χ0) is 12.3. The van der Waals surface area contributed by atoms with Gasteiger partial charge >= 0.3 is 0 Å². The summed E-state index contributed by atoms with van der Waals surface area (Å²) in [6.45, 7) is 0.807. The summed E-state index contributed by atoms with van der Waals surface area (Å²) < 4.78 is 0. The Bertz CT molecular complexity index is 281. The van der Waals surface area contributed by atoms with E-state index in [0.29, 0.717) is 6.54 Å². The first-order chi connectivity index (χ1) is 8.25. The molecule has 1 saturated carbocycles. The van der Waals surface area contributed by atoms with Crippen LogP contribution in [0.3, 0.4) is 0 Å². The number of hydrogen-bond acceptors (Lipinski definition) is 3. The summed E-state index contributed by atoms with van der Waals surface area (Å²) in [6.07, 6.45) is 6.46. The summed E-state index contributed by atoms with van der Waals surface area (Å²) >= 11 is 0. The third-order valence-corrected chi connectivity index (χ3v) is 3.97. The molecule has 0 bridgehead atoms. The Labute approximate surface area is 102 Å². The topological polar surface area (TPSA) is 57.6 Å². The number of amides is 2. The first-order valence-electron chi connectivity index (χ1n) is 6.72. The van der Waals surface area contributed by atoms with E-state index in [2.05, 4.69) is 0 Å². The van der Waals surface area contributed by atoms with Crippen molar-refractivity contribution in [1.82, 2.24) is 4.90 Å². The summed E-state index contributed by atoms with van der Waals surface area (Å²) in [7, 11) is 0. The molecule has 17 heavy (non-hydrogen) atoms. The monoisotopic (exact) mass is 239 g/mol. The number of hydrogen-bond donors (Lipinski definition) is 1. The summed E-state index contributed by atoms with van der Waals surface area (Å²) in [6, 6.07) is 0. The van der Waals surface area contributed by atoms with Gasteiger partial charge in [-0.1, -0.05) is 19.3 Å². The van der Waals surface area contributed by atoms with Gasteiger partial charge in [0, 0.05) is 13.2 Å². The summed E-state index contributed by atoms with van der Waals surface area (Å²) in [5.74, 6) is 0.138. The van der Waals surface area contributed by atoms with Crippen LogP contribution in [0.15, 0.2) is 0 Å². The van der Waals surface area contributed by atoms with Crippen molar-refractivity contribution in [2.75, 3.05) is 13.2 Å². The molecular weight excluding hydrogens is 218 g/mol. The van der Waals surface area contributed by atoms with Crippen LogP contribution in [0.25, 0.3) is 0 Å². The van der Waals surface area contributed by atoms with E-state index in [-0.39, 0.29) is 30.3 Å². The minimum Gasteiger partial charge on any atom is -0.396 e. The maximum Gasteiger partial charge on any atom is 0.233 e. The molecule has 96 valence electrons.